The van der Waals surface area contributed by atoms with Crippen LogP contribution in [0.3, 0.4) is 0 Å². The number of carbonyl (C=O) groups excluding carboxylic acids is 1. The van der Waals surface area contributed by atoms with Gasteiger partial charge in [0.05, 0.1) is 18.2 Å². The first-order chi connectivity index (χ1) is 16.3. The smallest absolute Gasteiger partial charge is 0.308 e. The predicted molar refractivity (Wildman–Crippen MR) is 132 cm³/mol. The molecule has 0 spiro atoms. The fraction of sp³-hybridized carbons (Fsp3) is 0.462. The highest BCUT2D eigenvalue weighted by Crippen LogP contribution is 2.39. The summed E-state index contributed by atoms with van der Waals surface area (Å²) in [6.07, 6.45) is 2.40. The summed E-state index contributed by atoms with van der Waals surface area (Å²) in [6.45, 7) is 8.25. The maximum atomic E-state index is 13.0. The average molecular weight is 479 g/mol. The Balaban J connectivity index is 1.55. The van der Waals surface area contributed by atoms with E-state index in [2.05, 4.69) is 59.8 Å². The summed E-state index contributed by atoms with van der Waals surface area (Å²) in [7, 11) is 0. The molecule has 0 saturated heterocycles. The summed E-state index contributed by atoms with van der Waals surface area (Å²) in [5.41, 5.74) is 5.33. The van der Waals surface area contributed by atoms with Gasteiger partial charge in [-0.15, -0.1) is 21.5 Å². The standard InChI is InChI=1S/C26H30N4O3S/c1-14-5-7-18(8-6-14)24-23-15(2)16(3)34-26(23)30-17(4)28-29-25(30)21(27-24)13-22(32)33-20-11-9-19(31)10-12-20/h5-8,19-21,31H,9-13H2,1-4H3/t19?,20?,21-/m0/s1. The van der Waals surface area contributed by atoms with Crippen molar-refractivity contribution in [3.63, 3.8) is 0 Å². The van der Waals surface area contributed by atoms with E-state index in [1.807, 2.05) is 6.92 Å². The van der Waals surface area contributed by atoms with Gasteiger partial charge in [-0.05, 0) is 58.9 Å². The lowest BCUT2D eigenvalue weighted by Crippen LogP contribution is -2.27. The molecule has 2 aliphatic rings. The van der Waals surface area contributed by atoms with Crippen LogP contribution in [-0.4, -0.2) is 43.8 Å². The topological polar surface area (TPSA) is 89.6 Å². The lowest BCUT2D eigenvalue weighted by Gasteiger charge is -2.25. The number of benzene rings is 1. The van der Waals surface area contributed by atoms with Crippen molar-refractivity contribution >= 4 is 23.0 Å². The summed E-state index contributed by atoms with van der Waals surface area (Å²) in [4.78, 5) is 19.4. The van der Waals surface area contributed by atoms with Crippen molar-refractivity contribution in [2.24, 2.45) is 4.99 Å². The average Bonchev–Trinajstić information content (AvgIpc) is 3.28. The van der Waals surface area contributed by atoms with Crippen LogP contribution in [0.2, 0.25) is 0 Å². The summed E-state index contributed by atoms with van der Waals surface area (Å²) >= 11 is 1.71. The molecule has 2 aromatic heterocycles. The molecular formula is C26H30N4O3S. The van der Waals surface area contributed by atoms with E-state index in [-0.39, 0.29) is 24.6 Å². The Hall–Kier alpha value is -2.84. The quantitative estimate of drug-likeness (QED) is 0.550. The second-order valence-corrected chi connectivity index (χ2v) is 10.6. The van der Waals surface area contributed by atoms with Crippen LogP contribution in [0.15, 0.2) is 29.3 Å². The minimum absolute atomic E-state index is 0.0967. The first-order valence-electron chi connectivity index (χ1n) is 11.9. The molecular weight excluding hydrogens is 448 g/mol. The Morgan fingerprint density at radius 2 is 1.79 bits per heavy atom. The second-order valence-electron chi connectivity index (χ2n) is 9.39. The van der Waals surface area contributed by atoms with E-state index in [0.29, 0.717) is 31.5 Å². The highest BCUT2D eigenvalue weighted by atomic mass is 32.1. The first-order valence-corrected chi connectivity index (χ1v) is 12.7. The van der Waals surface area contributed by atoms with Crippen LogP contribution in [-0.2, 0) is 9.53 Å². The van der Waals surface area contributed by atoms with Crippen LogP contribution in [0.5, 0.6) is 0 Å². The molecule has 3 heterocycles. The zero-order valence-corrected chi connectivity index (χ0v) is 20.9. The van der Waals surface area contributed by atoms with E-state index in [0.717, 1.165) is 27.7 Å². The molecule has 0 bridgehead atoms. The molecule has 1 fully saturated rings. The van der Waals surface area contributed by atoms with Gasteiger partial charge in [-0.2, -0.15) is 0 Å². The van der Waals surface area contributed by atoms with Crippen molar-refractivity contribution < 1.29 is 14.6 Å². The number of fused-ring (bicyclic) bond motifs is 3. The van der Waals surface area contributed by atoms with Crippen LogP contribution in [0.1, 0.15) is 76.9 Å². The maximum Gasteiger partial charge on any atom is 0.308 e. The molecule has 0 unspecified atom stereocenters. The Kier molecular flexibility index (Phi) is 6.12. The molecule has 5 rings (SSSR count). The number of thiophene rings is 1. The summed E-state index contributed by atoms with van der Waals surface area (Å²) in [5, 5.41) is 19.6. The van der Waals surface area contributed by atoms with Gasteiger partial charge in [0.15, 0.2) is 5.82 Å². The molecule has 34 heavy (non-hydrogen) atoms. The maximum absolute atomic E-state index is 13.0. The number of aliphatic imine (C=N–C) groups is 1. The third-order valence-electron chi connectivity index (χ3n) is 6.87. The van der Waals surface area contributed by atoms with Gasteiger partial charge in [0.25, 0.3) is 0 Å². The summed E-state index contributed by atoms with van der Waals surface area (Å²) in [6, 6.07) is 7.85. The van der Waals surface area contributed by atoms with Crippen LogP contribution >= 0.6 is 11.3 Å². The van der Waals surface area contributed by atoms with Crippen molar-refractivity contribution in [3.8, 4) is 5.00 Å². The van der Waals surface area contributed by atoms with Gasteiger partial charge in [0.2, 0.25) is 0 Å². The molecule has 1 aromatic carbocycles. The molecule has 0 amide bonds. The van der Waals surface area contributed by atoms with Gasteiger partial charge in [0, 0.05) is 16.0 Å². The van der Waals surface area contributed by atoms with Crippen LogP contribution in [0.25, 0.3) is 5.00 Å². The molecule has 0 radical (unpaired) electrons. The number of hydrogen-bond donors (Lipinski definition) is 1. The zero-order valence-electron chi connectivity index (χ0n) is 20.0. The monoisotopic (exact) mass is 478 g/mol. The molecule has 8 heteroatoms. The van der Waals surface area contributed by atoms with Gasteiger partial charge in [-0.25, -0.2) is 0 Å². The molecule has 1 atom stereocenters. The number of aryl methyl sites for hydroxylation is 3. The number of aliphatic hydroxyl groups excluding tert-OH is 1. The molecule has 1 aliphatic carbocycles. The van der Waals surface area contributed by atoms with Crippen LogP contribution in [0.4, 0.5) is 0 Å². The number of ether oxygens (including phenoxy) is 1. The van der Waals surface area contributed by atoms with E-state index in [1.54, 1.807) is 11.3 Å². The fourth-order valence-electron chi connectivity index (χ4n) is 4.79. The van der Waals surface area contributed by atoms with Crippen LogP contribution < -0.4 is 0 Å². The molecule has 1 aliphatic heterocycles. The molecule has 7 nitrogen and oxygen atoms in total. The second kappa shape index (κ2) is 9.07. The third kappa shape index (κ3) is 4.20. The number of rotatable bonds is 4. The molecule has 1 N–H and O–H groups in total. The highest BCUT2D eigenvalue weighted by molar-refractivity contribution is 7.15. The van der Waals surface area contributed by atoms with Crippen molar-refractivity contribution in [3.05, 3.63) is 63.0 Å². The number of esters is 1. The van der Waals surface area contributed by atoms with Gasteiger partial charge in [-0.3, -0.25) is 14.4 Å². The lowest BCUT2D eigenvalue weighted by molar-refractivity contribution is -0.152. The summed E-state index contributed by atoms with van der Waals surface area (Å²) in [5.74, 6) is 1.15. The highest BCUT2D eigenvalue weighted by Gasteiger charge is 2.33. The number of carbonyl (C=O) groups is 1. The SMILES string of the molecule is Cc1ccc(C2=N[C@@H](CC(=O)OC3CCC(O)CC3)c3nnc(C)n3-c3sc(C)c(C)c32)cc1. The van der Waals surface area contributed by atoms with Crippen molar-refractivity contribution in [1.29, 1.82) is 0 Å². The first kappa shape index (κ1) is 22.9. The van der Waals surface area contributed by atoms with Crippen molar-refractivity contribution in [2.45, 2.75) is 78.0 Å². The van der Waals surface area contributed by atoms with E-state index in [9.17, 15) is 9.90 Å². The van der Waals surface area contributed by atoms with Gasteiger partial charge in [-0.1, -0.05) is 29.8 Å². The number of hydrogen-bond acceptors (Lipinski definition) is 7. The predicted octanol–water partition coefficient (Wildman–Crippen LogP) is 4.69. The number of aliphatic hydroxyl groups is 1. The molecule has 3 aromatic rings. The minimum Gasteiger partial charge on any atom is -0.462 e. The van der Waals surface area contributed by atoms with E-state index >= 15 is 0 Å². The Morgan fingerprint density at radius 1 is 1.09 bits per heavy atom. The van der Waals surface area contributed by atoms with Gasteiger partial charge >= 0.3 is 5.97 Å². The fourth-order valence-corrected chi connectivity index (χ4v) is 6.01. The van der Waals surface area contributed by atoms with Gasteiger partial charge < -0.3 is 9.84 Å². The Bertz CT molecular complexity index is 1250. The zero-order chi connectivity index (χ0) is 24.0. The van der Waals surface area contributed by atoms with Crippen molar-refractivity contribution in [2.75, 3.05) is 0 Å². The normalized spacial score (nSPS) is 21.9. The number of nitrogens with zero attached hydrogens (tertiary/aromatic N) is 4. The lowest BCUT2D eigenvalue weighted by atomic mass is 9.95. The largest absolute Gasteiger partial charge is 0.462 e. The van der Waals surface area contributed by atoms with Crippen molar-refractivity contribution in [1.82, 2.24) is 14.8 Å². The van der Waals surface area contributed by atoms with E-state index < -0.39 is 6.04 Å². The summed E-state index contributed by atoms with van der Waals surface area (Å²) < 4.78 is 7.84. The molecule has 1 saturated carbocycles. The Morgan fingerprint density at radius 3 is 2.50 bits per heavy atom. The van der Waals surface area contributed by atoms with E-state index in [4.69, 9.17) is 9.73 Å². The molecule has 178 valence electrons. The third-order valence-corrected chi connectivity index (χ3v) is 8.06. The van der Waals surface area contributed by atoms with E-state index in [1.165, 1.54) is 16.0 Å². The Labute approximate surface area is 203 Å². The van der Waals surface area contributed by atoms with Gasteiger partial charge in [0.1, 0.15) is 23.0 Å². The number of aromatic nitrogens is 3. The minimum atomic E-state index is -0.501. The van der Waals surface area contributed by atoms with Crippen LogP contribution in [0, 0.1) is 27.7 Å².